The van der Waals surface area contributed by atoms with Crippen molar-refractivity contribution in [1.29, 1.82) is 0 Å². The molecule has 2 atom stereocenters. The van der Waals surface area contributed by atoms with E-state index in [1.54, 1.807) is 11.8 Å². The summed E-state index contributed by atoms with van der Waals surface area (Å²) in [6, 6.07) is -1.58. The summed E-state index contributed by atoms with van der Waals surface area (Å²) < 4.78 is 26.0. The fraction of sp³-hybridized carbons (Fsp3) is 0.846. The standard InChI is InChI=1S/C13H21F2N3O2/c1-9(12(20)18-5-3-2-4-6-18)17-11(19)10-7-13(14,15)8-16-10/h9-10,16H,2-8H2,1H3,(H,17,19)/t9-,10?/m0/s1. The molecule has 2 amide bonds. The number of hydrogen-bond acceptors (Lipinski definition) is 3. The van der Waals surface area contributed by atoms with Crippen LogP contribution in [-0.2, 0) is 9.59 Å². The minimum Gasteiger partial charge on any atom is -0.343 e. The molecule has 2 fully saturated rings. The summed E-state index contributed by atoms with van der Waals surface area (Å²) in [5.41, 5.74) is 0. The van der Waals surface area contributed by atoms with Gasteiger partial charge in [-0.1, -0.05) is 0 Å². The maximum absolute atomic E-state index is 13.0. The van der Waals surface area contributed by atoms with Crippen LogP contribution in [0.5, 0.6) is 0 Å². The number of rotatable bonds is 3. The van der Waals surface area contributed by atoms with Gasteiger partial charge >= 0.3 is 0 Å². The Kier molecular flexibility index (Phi) is 4.57. The number of hydrogen-bond donors (Lipinski definition) is 2. The van der Waals surface area contributed by atoms with E-state index in [4.69, 9.17) is 0 Å². The number of piperidine rings is 1. The van der Waals surface area contributed by atoms with Crippen LogP contribution in [0.2, 0.25) is 0 Å². The Labute approximate surface area is 117 Å². The third-order valence-corrected chi connectivity index (χ3v) is 3.82. The van der Waals surface area contributed by atoms with Gasteiger partial charge in [0.1, 0.15) is 6.04 Å². The number of likely N-dealkylation sites (tertiary alicyclic amines) is 1. The van der Waals surface area contributed by atoms with Crippen LogP contribution in [0.4, 0.5) is 8.78 Å². The first-order chi connectivity index (χ1) is 9.39. The van der Waals surface area contributed by atoms with E-state index in [0.29, 0.717) is 13.1 Å². The molecule has 2 saturated heterocycles. The van der Waals surface area contributed by atoms with Gasteiger partial charge < -0.3 is 10.2 Å². The predicted molar refractivity (Wildman–Crippen MR) is 69.4 cm³/mol. The molecule has 0 radical (unpaired) electrons. The Morgan fingerprint density at radius 1 is 1.30 bits per heavy atom. The van der Waals surface area contributed by atoms with Crippen LogP contribution in [0.25, 0.3) is 0 Å². The van der Waals surface area contributed by atoms with Gasteiger partial charge in [0.25, 0.3) is 5.92 Å². The average Bonchev–Trinajstić information content (AvgIpc) is 2.79. The lowest BCUT2D eigenvalue weighted by molar-refractivity contribution is -0.137. The summed E-state index contributed by atoms with van der Waals surface area (Å²) in [5.74, 6) is -3.51. The molecule has 2 aliphatic rings. The summed E-state index contributed by atoms with van der Waals surface area (Å²) in [7, 11) is 0. The molecule has 5 nitrogen and oxygen atoms in total. The maximum Gasteiger partial charge on any atom is 0.262 e. The van der Waals surface area contributed by atoms with E-state index in [1.807, 2.05) is 0 Å². The van der Waals surface area contributed by atoms with Crippen LogP contribution in [0.15, 0.2) is 0 Å². The van der Waals surface area contributed by atoms with Crippen molar-refractivity contribution < 1.29 is 18.4 Å². The average molecular weight is 289 g/mol. The third kappa shape index (κ3) is 3.65. The quantitative estimate of drug-likeness (QED) is 0.795. The molecule has 0 spiro atoms. The lowest BCUT2D eigenvalue weighted by atomic mass is 10.1. The molecule has 20 heavy (non-hydrogen) atoms. The van der Waals surface area contributed by atoms with Crippen molar-refractivity contribution in [3.63, 3.8) is 0 Å². The van der Waals surface area contributed by atoms with E-state index < -0.39 is 36.9 Å². The lowest BCUT2D eigenvalue weighted by Gasteiger charge is -2.29. The first kappa shape index (κ1) is 15.2. The zero-order chi connectivity index (χ0) is 14.8. The second kappa shape index (κ2) is 6.03. The van der Waals surface area contributed by atoms with Gasteiger partial charge in [-0.25, -0.2) is 8.78 Å². The Bertz CT molecular complexity index is 384. The lowest BCUT2D eigenvalue weighted by Crippen LogP contribution is -2.52. The number of amides is 2. The van der Waals surface area contributed by atoms with Gasteiger partial charge in [0.2, 0.25) is 11.8 Å². The van der Waals surface area contributed by atoms with Crippen LogP contribution >= 0.6 is 0 Å². The van der Waals surface area contributed by atoms with Crippen LogP contribution in [0.3, 0.4) is 0 Å². The van der Waals surface area contributed by atoms with Crippen molar-refractivity contribution in [2.75, 3.05) is 19.6 Å². The van der Waals surface area contributed by atoms with Crippen molar-refractivity contribution in [3.8, 4) is 0 Å². The van der Waals surface area contributed by atoms with Crippen LogP contribution in [0, 0.1) is 0 Å². The summed E-state index contributed by atoms with van der Waals surface area (Å²) in [6.07, 6.45) is 2.56. The number of carbonyl (C=O) groups excluding carboxylic acids is 2. The zero-order valence-electron chi connectivity index (χ0n) is 11.6. The van der Waals surface area contributed by atoms with Crippen molar-refractivity contribution in [1.82, 2.24) is 15.5 Å². The van der Waals surface area contributed by atoms with Gasteiger partial charge in [0.05, 0.1) is 12.6 Å². The summed E-state index contributed by atoms with van der Waals surface area (Å²) in [5, 5.41) is 5.01. The van der Waals surface area contributed by atoms with Crippen LogP contribution in [0.1, 0.15) is 32.6 Å². The van der Waals surface area contributed by atoms with Crippen molar-refractivity contribution in [3.05, 3.63) is 0 Å². The molecule has 0 aromatic heterocycles. The third-order valence-electron chi connectivity index (χ3n) is 3.82. The maximum atomic E-state index is 13.0. The van der Waals surface area contributed by atoms with E-state index in [0.717, 1.165) is 19.3 Å². The SMILES string of the molecule is C[C@H](NC(=O)C1CC(F)(F)CN1)C(=O)N1CCCCC1. The second-order valence-corrected chi connectivity index (χ2v) is 5.61. The second-order valence-electron chi connectivity index (χ2n) is 5.61. The number of halogens is 2. The molecule has 2 rings (SSSR count). The van der Waals surface area contributed by atoms with Gasteiger partial charge in [-0.05, 0) is 26.2 Å². The normalized spacial score (nSPS) is 27.1. The monoisotopic (exact) mass is 289 g/mol. The first-order valence-corrected chi connectivity index (χ1v) is 7.09. The number of nitrogens with zero attached hydrogens (tertiary/aromatic N) is 1. The fourth-order valence-electron chi connectivity index (χ4n) is 2.66. The van der Waals surface area contributed by atoms with Crippen molar-refractivity contribution >= 4 is 11.8 Å². The predicted octanol–water partition coefficient (Wildman–Crippen LogP) is 0.501. The summed E-state index contributed by atoms with van der Waals surface area (Å²) in [4.78, 5) is 25.7. The molecule has 0 aliphatic carbocycles. The highest BCUT2D eigenvalue weighted by Crippen LogP contribution is 2.25. The molecule has 0 saturated carbocycles. The summed E-state index contributed by atoms with van der Waals surface area (Å²) in [6.45, 7) is 2.53. The summed E-state index contributed by atoms with van der Waals surface area (Å²) >= 11 is 0. The van der Waals surface area contributed by atoms with Gasteiger partial charge in [-0.3, -0.25) is 14.9 Å². The van der Waals surface area contributed by atoms with Gasteiger partial charge in [-0.2, -0.15) is 0 Å². The molecule has 1 unspecified atom stereocenters. The Hall–Kier alpha value is -1.24. The Morgan fingerprint density at radius 2 is 1.95 bits per heavy atom. The first-order valence-electron chi connectivity index (χ1n) is 7.09. The van der Waals surface area contributed by atoms with Crippen LogP contribution in [-0.4, -0.2) is 54.4 Å². The Morgan fingerprint density at radius 3 is 2.50 bits per heavy atom. The van der Waals surface area contributed by atoms with E-state index in [-0.39, 0.29) is 5.91 Å². The van der Waals surface area contributed by atoms with E-state index >= 15 is 0 Å². The number of carbonyl (C=O) groups is 2. The molecule has 0 aromatic rings. The Balaban J connectivity index is 1.83. The van der Waals surface area contributed by atoms with E-state index in [1.165, 1.54) is 0 Å². The highest BCUT2D eigenvalue weighted by Gasteiger charge is 2.42. The zero-order valence-corrected chi connectivity index (χ0v) is 11.6. The molecule has 7 heteroatoms. The van der Waals surface area contributed by atoms with Crippen molar-refractivity contribution in [2.45, 2.75) is 50.6 Å². The van der Waals surface area contributed by atoms with E-state index in [2.05, 4.69) is 10.6 Å². The molecule has 2 heterocycles. The van der Waals surface area contributed by atoms with Gasteiger partial charge in [-0.15, -0.1) is 0 Å². The molecule has 0 aromatic carbocycles. The molecule has 2 aliphatic heterocycles. The van der Waals surface area contributed by atoms with Gasteiger partial charge in [0, 0.05) is 19.5 Å². The molecular formula is C13H21F2N3O2. The topological polar surface area (TPSA) is 61.4 Å². The minimum atomic E-state index is -2.85. The minimum absolute atomic E-state index is 0.136. The highest BCUT2D eigenvalue weighted by molar-refractivity contribution is 5.89. The number of alkyl halides is 2. The highest BCUT2D eigenvalue weighted by atomic mass is 19.3. The molecule has 114 valence electrons. The molecule has 2 N–H and O–H groups in total. The smallest absolute Gasteiger partial charge is 0.262 e. The number of nitrogens with one attached hydrogen (secondary N) is 2. The molecule has 0 bridgehead atoms. The fourth-order valence-corrected chi connectivity index (χ4v) is 2.66. The molecular weight excluding hydrogens is 268 g/mol. The van der Waals surface area contributed by atoms with Crippen LogP contribution < -0.4 is 10.6 Å². The van der Waals surface area contributed by atoms with Crippen molar-refractivity contribution in [2.24, 2.45) is 0 Å². The van der Waals surface area contributed by atoms with Gasteiger partial charge in [0.15, 0.2) is 0 Å². The largest absolute Gasteiger partial charge is 0.343 e. The van der Waals surface area contributed by atoms with E-state index in [9.17, 15) is 18.4 Å².